The minimum absolute atomic E-state index is 0.677. The number of furan rings is 1. The Morgan fingerprint density at radius 3 is 2.16 bits per heavy atom. The summed E-state index contributed by atoms with van der Waals surface area (Å²) in [5.41, 5.74) is 10.0. The molecule has 0 fully saturated rings. The monoisotopic (exact) mass is 638 g/mol. The summed E-state index contributed by atoms with van der Waals surface area (Å²) in [7, 11) is 0. The van der Waals surface area contributed by atoms with Crippen LogP contribution in [0.4, 0.5) is 0 Å². The molecule has 0 unspecified atom stereocenters. The Balaban J connectivity index is 1.09. The molecule has 2 aromatic heterocycles. The molecule has 0 radical (unpaired) electrons. The second-order valence-corrected chi connectivity index (χ2v) is 12.9. The maximum atomic E-state index is 6.61. The normalized spacial score (nSPS) is 12.2. The molecule has 11 rings (SSSR count). The molecule has 0 aliphatic carbocycles. The second kappa shape index (κ2) is 10.4. The number of nitrogens with zero attached hydrogens (tertiary/aromatic N) is 2. The fourth-order valence-electron chi connectivity index (χ4n) is 7.71. The topological polar surface area (TPSA) is 48.2 Å². The average molecular weight is 639 g/mol. The molecule has 50 heavy (non-hydrogen) atoms. The number of hydrogen-bond donors (Lipinski definition) is 0. The molecular formula is C46H26N2O2. The van der Waals surface area contributed by atoms with Crippen LogP contribution < -0.4 is 4.74 Å². The van der Waals surface area contributed by atoms with E-state index in [1.807, 2.05) is 18.2 Å². The lowest BCUT2D eigenvalue weighted by Gasteiger charge is -2.23. The molecule has 0 amide bonds. The third kappa shape index (κ3) is 3.99. The van der Waals surface area contributed by atoms with Gasteiger partial charge in [-0.05, 0) is 82.1 Å². The van der Waals surface area contributed by atoms with E-state index in [2.05, 4.69) is 140 Å². The van der Waals surface area contributed by atoms with Crippen molar-refractivity contribution in [3.05, 3.63) is 158 Å². The third-order valence-corrected chi connectivity index (χ3v) is 10.1. The van der Waals surface area contributed by atoms with Crippen molar-refractivity contribution in [3.8, 4) is 56.4 Å². The Hall–Kier alpha value is -6.78. The lowest BCUT2D eigenvalue weighted by molar-refractivity contribution is 0.487. The molecule has 0 spiro atoms. The van der Waals surface area contributed by atoms with E-state index in [1.54, 1.807) is 0 Å². The van der Waals surface area contributed by atoms with Crippen LogP contribution in [-0.2, 0) is 0 Å². The van der Waals surface area contributed by atoms with Gasteiger partial charge in [0.1, 0.15) is 22.7 Å². The highest BCUT2D eigenvalue weighted by molar-refractivity contribution is 6.16. The van der Waals surface area contributed by atoms with Gasteiger partial charge in [-0.1, -0.05) is 103 Å². The summed E-state index contributed by atoms with van der Waals surface area (Å²) in [6.45, 7) is 0. The van der Waals surface area contributed by atoms with E-state index >= 15 is 0 Å². The van der Waals surface area contributed by atoms with Crippen molar-refractivity contribution in [2.24, 2.45) is 0 Å². The third-order valence-electron chi connectivity index (χ3n) is 10.1. The van der Waals surface area contributed by atoms with E-state index in [1.165, 1.54) is 0 Å². The van der Waals surface area contributed by atoms with Crippen molar-refractivity contribution in [1.82, 2.24) is 9.97 Å². The van der Waals surface area contributed by atoms with Gasteiger partial charge in [0.15, 0.2) is 5.82 Å². The summed E-state index contributed by atoms with van der Waals surface area (Å²) < 4.78 is 13.0. The molecule has 4 heteroatoms. The van der Waals surface area contributed by atoms with E-state index in [9.17, 15) is 0 Å². The molecule has 1 aliphatic heterocycles. The Bertz CT molecular complexity index is 3020. The summed E-state index contributed by atoms with van der Waals surface area (Å²) in [6.07, 6.45) is 0. The van der Waals surface area contributed by atoms with Crippen molar-refractivity contribution >= 4 is 54.4 Å². The number of para-hydroxylation sites is 1. The number of fused-ring (bicyclic) bond motifs is 8. The van der Waals surface area contributed by atoms with Crippen LogP contribution in [0.3, 0.4) is 0 Å². The number of rotatable bonds is 3. The van der Waals surface area contributed by atoms with Crippen molar-refractivity contribution < 1.29 is 9.15 Å². The van der Waals surface area contributed by atoms with Crippen LogP contribution in [0.15, 0.2) is 162 Å². The van der Waals surface area contributed by atoms with Crippen molar-refractivity contribution in [2.45, 2.75) is 0 Å². The van der Waals surface area contributed by atoms with Gasteiger partial charge >= 0.3 is 0 Å². The zero-order valence-electron chi connectivity index (χ0n) is 26.7. The predicted octanol–water partition coefficient (Wildman–Crippen LogP) is 12.6. The minimum Gasteiger partial charge on any atom is -0.456 e. The maximum absolute atomic E-state index is 6.61. The fraction of sp³-hybridized carbons (Fsp3) is 0. The average Bonchev–Trinajstić information content (AvgIpc) is 3.56. The maximum Gasteiger partial charge on any atom is 0.161 e. The van der Waals surface area contributed by atoms with Crippen LogP contribution in [0.5, 0.6) is 11.5 Å². The summed E-state index contributed by atoms with van der Waals surface area (Å²) in [4.78, 5) is 10.5. The molecule has 10 aromatic rings. The minimum atomic E-state index is 0.677. The molecule has 4 nitrogen and oxygen atoms in total. The molecule has 232 valence electrons. The van der Waals surface area contributed by atoms with Gasteiger partial charge < -0.3 is 9.15 Å². The highest BCUT2D eigenvalue weighted by Gasteiger charge is 2.24. The van der Waals surface area contributed by atoms with Gasteiger partial charge in [0, 0.05) is 43.6 Å². The summed E-state index contributed by atoms with van der Waals surface area (Å²) in [5.74, 6) is 2.37. The van der Waals surface area contributed by atoms with Crippen molar-refractivity contribution in [3.63, 3.8) is 0 Å². The van der Waals surface area contributed by atoms with E-state index in [0.29, 0.717) is 5.82 Å². The Morgan fingerprint density at radius 1 is 0.420 bits per heavy atom. The number of aromatic nitrogens is 2. The van der Waals surface area contributed by atoms with Gasteiger partial charge in [-0.25, -0.2) is 9.97 Å². The van der Waals surface area contributed by atoms with Crippen LogP contribution in [0.2, 0.25) is 0 Å². The first kappa shape index (κ1) is 27.2. The number of benzene rings is 8. The summed E-state index contributed by atoms with van der Waals surface area (Å²) in [6, 6.07) is 54.8. The Kier molecular flexibility index (Phi) is 5.63. The quantitative estimate of drug-likeness (QED) is 0.193. The molecular weight excluding hydrogens is 613 g/mol. The van der Waals surface area contributed by atoms with Gasteiger partial charge in [-0.3, -0.25) is 0 Å². The molecule has 0 saturated carbocycles. The molecule has 3 heterocycles. The van der Waals surface area contributed by atoms with Crippen LogP contribution in [0.25, 0.3) is 99.3 Å². The number of hydrogen-bond acceptors (Lipinski definition) is 4. The second-order valence-electron chi connectivity index (χ2n) is 12.9. The van der Waals surface area contributed by atoms with Crippen LogP contribution >= 0.6 is 0 Å². The highest BCUT2D eigenvalue weighted by atomic mass is 16.5. The SMILES string of the molecule is c1ccc(-c2ccc3c(c2)Oc2ccc(-c4nc(-c5ccc6oc7c8ccccc8ccc7c6c5)c5ccccc5n4)c4cccc-3c24)cc1. The smallest absolute Gasteiger partial charge is 0.161 e. The summed E-state index contributed by atoms with van der Waals surface area (Å²) in [5, 5.41) is 7.58. The molecule has 8 aromatic carbocycles. The molecule has 0 N–H and O–H groups in total. The van der Waals surface area contributed by atoms with Gasteiger partial charge in [-0.15, -0.1) is 0 Å². The first-order valence-electron chi connectivity index (χ1n) is 16.8. The highest BCUT2D eigenvalue weighted by Crippen LogP contribution is 2.49. The Morgan fingerprint density at radius 2 is 1.22 bits per heavy atom. The fourth-order valence-corrected chi connectivity index (χ4v) is 7.71. The van der Waals surface area contributed by atoms with Crippen molar-refractivity contribution in [1.29, 1.82) is 0 Å². The number of ether oxygens (including phenoxy) is 1. The van der Waals surface area contributed by atoms with Crippen molar-refractivity contribution in [2.75, 3.05) is 0 Å². The standard InChI is InChI=1S/C46H26N2O2/c1-2-9-27(10-3-1)29-18-20-32-33-14-8-15-34-36(22-24-41(43(33)34)49-42(32)26-29)46-47-39-16-7-6-13-37(39)44(48-46)30-19-23-40-38(25-30)35-21-17-28-11-4-5-12-31(28)45(35)50-40/h1-26H. The first-order valence-corrected chi connectivity index (χ1v) is 16.8. The lowest BCUT2D eigenvalue weighted by Crippen LogP contribution is -2.00. The van der Waals surface area contributed by atoms with E-state index in [-0.39, 0.29) is 0 Å². The van der Waals surface area contributed by atoms with Gasteiger partial charge in [-0.2, -0.15) is 0 Å². The van der Waals surface area contributed by atoms with E-state index in [0.717, 1.165) is 105 Å². The predicted molar refractivity (Wildman–Crippen MR) is 204 cm³/mol. The van der Waals surface area contributed by atoms with E-state index in [4.69, 9.17) is 19.1 Å². The van der Waals surface area contributed by atoms with Gasteiger partial charge in [0.2, 0.25) is 0 Å². The van der Waals surface area contributed by atoms with Crippen LogP contribution in [0, 0.1) is 0 Å². The van der Waals surface area contributed by atoms with Crippen LogP contribution in [-0.4, -0.2) is 9.97 Å². The zero-order valence-corrected chi connectivity index (χ0v) is 26.7. The summed E-state index contributed by atoms with van der Waals surface area (Å²) >= 11 is 0. The molecule has 0 saturated heterocycles. The van der Waals surface area contributed by atoms with E-state index < -0.39 is 0 Å². The molecule has 1 aliphatic rings. The molecule has 0 bridgehead atoms. The zero-order chi connectivity index (χ0) is 32.8. The Labute approximate surface area is 286 Å². The molecule has 0 atom stereocenters. The lowest BCUT2D eigenvalue weighted by atomic mass is 9.91. The van der Waals surface area contributed by atoms with Crippen LogP contribution in [0.1, 0.15) is 0 Å². The largest absolute Gasteiger partial charge is 0.456 e. The first-order chi connectivity index (χ1) is 24.8. The van der Waals surface area contributed by atoms with Gasteiger partial charge in [0.05, 0.1) is 11.2 Å². The van der Waals surface area contributed by atoms with Gasteiger partial charge in [0.25, 0.3) is 0 Å².